The molecule has 0 aliphatic rings. The number of aliphatic carboxylic acids is 2. The van der Waals surface area contributed by atoms with Gasteiger partial charge in [-0.05, 0) is 37.5 Å². The smallest absolute Gasteiger partial charge is 0.414 e. The van der Waals surface area contributed by atoms with Gasteiger partial charge in [0.1, 0.15) is 0 Å². The average Bonchev–Trinajstić information content (AvgIpc) is 2.42. The highest BCUT2D eigenvalue weighted by Crippen LogP contribution is 2.21. The maximum absolute atomic E-state index is 11.3. The van der Waals surface area contributed by atoms with Gasteiger partial charge in [0.15, 0.2) is 0 Å². The third-order valence-electron chi connectivity index (χ3n) is 2.92. The summed E-state index contributed by atoms with van der Waals surface area (Å²) in [5.41, 5.74) is 9.36. The van der Waals surface area contributed by atoms with Crippen molar-refractivity contribution in [2.75, 3.05) is 6.61 Å². The predicted molar refractivity (Wildman–Crippen MR) is 79.4 cm³/mol. The number of aryl methyl sites for hydroxylation is 1. The quantitative estimate of drug-likeness (QED) is 0.566. The molecular formula is C15H21NO6. The molecule has 1 aromatic rings. The maximum atomic E-state index is 11.3. The lowest BCUT2D eigenvalue weighted by atomic mass is 9.96. The van der Waals surface area contributed by atoms with Crippen LogP contribution >= 0.6 is 0 Å². The van der Waals surface area contributed by atoms with Crippen LogP contribution in [-0.2, 0) is 19.1 Å². The third-order valence-corrected chi connectivity index (χ3v) is 2.92. The molecule has 1 unspecified atom stereocenters. The van der Waals surface area contributed by atoms with Crippen LogP contribution in [0.3, 0.4) is 0 Å². The first kappa shape index (κ1) is 19.6. The molecule has 7 nitrogen and oxygen atoms in total. The standard InChI is InChI=1S/C13H19NO2.C2H2O4/c1-4-16-13(15)8-12(14)11-7-5-6-9(2)10(11)3;3-1(4)2(5)6/h5-7,12H,4,8,14H2,1-3H3;(H,3,4)(H,5,6). The largest absolute Gasteiger partial charge is 0.473 e. The van der Waals surface area contributed by atoms with Crippen molar-refractivity contribution in [1.82, 2.24) is 0 Å². The minimum absolute atomic E-state index is 0.234. The monoisotopic (exact) mass is 311 g/mol. The average molecular weight is 311 g/mol. The number of carbonyl (C=O) groups is 3. The minimum atomic E-state index is -1.82. The number of hydrogen-bond donors (Lipinski definition) is 3. The molecule has 122 valence electrons. The molecule has 0 amide bonds. The first-order valence-electron chi connectivity index (χ1n) is 6.64. The SMILES string of the molecule is CCOC(=O)CC(N)c1cccc(C)c1C.O=C(O)C(=O)O. The lowest BCUT2D eigenvalue weighted by Gasteiger charge is -2.15. The second-order valence-corrected chi connectivity index (χ2v) is 4.52. The zero-order valence-electron chi connectivity index (χ0n) is 12.8. The summed E-state index contributed by atoms with van der Waals surface area (Å²) in [5.74, 6) is -3.89. The van der Waals surface area contributed by atoms with E-state index in [4.69, 9.17) is 30.3 Å². The van der Waals surface area contributed by atoms with E-state index < -0.39 is 11.9 Å². The molecule has 1 atom stereocenters. The lowest BCUT2D eigenvalue weighted by molar-refractivity contribution is -0.159. The van der Waals surface area contributed by atoms with Gasteiger partial charge in [-0.15, -0.1) is 0 Å². The van der Waals surface area contributed by atoms with E-state index >= 15 is 0 Å². The molecule has 7 heteroatoms. The van der Waals surface area contributed by atoms with E-state index in [1.54, 1.807) is 6.92 Å². The van der Waals surface area contributed by atoms with Crippen LogP contribution < -0.4 is 5.73 Å². The molecule has 0 bridgehead atoms. The van der Waals surface area contributed by atoms with E-state index in [0.717, 1.165) is 11.1 Å². The Bertz CT molecular complexity index is 529. The molecule has 1 rings (SSSR count). The molecule has 0 aromatic heterocycles. The normalized spacial score (nSPS) is 10.9. The van der Waals surface area contributed by atoms with Crippen molar-refractivity contribution in [2.24, 2.45) is 5.73 Å². The number of esters is 1. The second kappa shape index (κ2) is 9.51. The molecule has 0 aliphatic carbocycles. The number of carboxylic acids is 2. The van der Waals surface area contributed by atoms with E-state index in [1.165, 1.54) is 5.56 Å². The van der Waals surface area contributed by atoms with Gasteiger partial charge in [-0.25, -0.2) is 9.59 Å². The Morgan fingerprint density at radius 3 is 2.18 bits per heavy atom. The molecular weight excluding hydrogens is 290 g/mol. The van der Waals surface area contributed by atoms with Crippen LogP contribution in [0.15, 0.2) is 18.2 Å². The molecule has 22 heavy (non-hydrogen) atoms. The number of hydrogen-bond acceptors (Lipinski definition) is 5. The Morgan fingerprint density at radius 1 is 1.18 bits per heavy atom. The molecule has 0 saturated heterocycles. The van der Waals surface area contributed by atoms with E-state index in [1.807, 2.05) is 32.0 Å². The Hall–Kier alpha value is -2.41. The van der Waals surface area contributed by atoms with E-state index in [0.29, 0.717) is 6.61 Å². The highest BCUT2D eigenvalue weighted by Gasteiger charge is 2.14. The fourth-order valence-electron chi connectivity index (χ4n) is 1.68. The lowest BCUT2D eigenvalue weighted by Crippen LogP contribution is -2.18. The summed E-state index contributed by atoms with van der Waals surface area (Å²) < 4.78 is 4.89. The van der Waals surface area contributed by atoms with Crippen LogP contribution in [0.4, 0.5) is 0 Å². The molecule has 0 saturated carbocycles. The second-order valence-electron chi connectivity index (χ2n) is 4.52. The number of ether oxygens (including phenoxy) is 1. The van der Waals surface area contributed by atoms with Gasteiger partial charge < -0.3 is 20.7 Å². The highest BCUT2D eigenvalue weighted by molar-refractivity contribution is 6.27. The molecule has 0 aliphatic heterocycles. The van der Waals surface area contributed by atoms with Gasteiger partial charge in [-0.2, -0.15) is 0 Å². The summed E-state index contributed by atoms with van der Waals surface area (Å²) >= 11 is 0. The van der Waals surface area contributed by atoms with Crippen molar-refractivity contribution >= 4 is 17.9 Å². The van der Waals surface area contributed by atoms with E-state index in [-0.39, 0.29) is 18.4 Å². The Balaban J connectivity index is 0.000000626. The van der Waals surface area contributed by atoms with Gasteiger partial charge >= 0.3 is 17.9 Å². The summed E-state index contributed by atoms with van der Waals surface area (Å²) in [4.78, 5) is 29.5. The number of benzene rings is 1. The van der Waals surface area contributed by atoms with Gasteiger partial charge in [-0.1, -0.05) is 18.2 Å². The van der Waals surface area contributed by atoms with E-state index in [2.05, 4.69) is 0 Å². The van der Waals surface area contributed by atoms with Crippen molar-refractivity contribution in [2.45, 2.75) is 33.2 Å². The Kier molecular flexibility index (Phi) is 8.47. The summed E-state index contributed by atoms with van der Waals surface area (Å²) in [6, 6.07) is 5.68. The van der Waals surface area contributed by atoms with Gasteiger partial charge in [0.2, 0.25) is 0 Å². The number of rotatable bonds is 4. The van der Waals surface area contributed by atoms with Crippen molar-refractivity contribution in [3.8, 4) is 0 Å². The van der Waals surface area contributed by atoms with Crippen LogP contribution in [0.25, 0.3) is 0 Å². The molecule has 0 heterocycles. The molecule has 4 N–H and O–H groups in total. The van der Waals surface area contributed by atoms with Gasteiger partial charge in [0.25, 0.3) is 0 Å². The summed E-state index contributed by atoms with van der Waals surface area (Å²) in [7, 11) is 0. The molecule has 1 aromatic carbocycles. The van der Waals surface area contributed by atoms with Crippen molar-refractivity contribution < 1.29 is 29.3 Å². The third kappa shape index (κ3) is 6.85. The number of carbonyl (C=O) groups excluding carboxylic acids is 1. The first-order chi connectivity index (χ1) is 10.2. The zero-order chi connectivity index (χ0) is 17.3. The topological polar surface area (TPSA) is 127 Å². The van der Waals surface area contributed by atoms with Gasteiger partial charge in [0, 0.05) is 6.04 Å². The van der Waals surface area contributed by atoms with Crippen molar-refractivity contribution in [3.05, 3.63) is 34.9 Å². The minimum Gasteiger partial charge on any atom is -0.473 e. The molecule has 0 radical (unpaired) electrons. The Morgan fingerprint density at radius 2 is 1.73 bits per heavy atom. The van der Waals surface area contributed by atoms with Crippen LogP contribution in [0.5, 0.6) is 0 Å². The van der Waals surface area contributed by atoms with Crippen molar-refractivity contribution in [3.63, 3.8) is 0 Å². The van der Waals surface area contributed by atoms with Crippen LogP contribution in [0.2, 0.25) is 0 Å². The van der Waals surface area contributed by atoms with Gasteiger partial charge in [0.05, 0.1) is 13.0 Å². The summed E-state index contributed by atoms with van der Waals surface area (Å²) in [5, 5.41) is 14.8. The van der Waals surface area contributed by atoms with E-state index in [9.17, 15) is 4.79 Å². The fraction of sp³-hybridized carbons (Fsp3) is 0.400. The maximum Gasteiger partial charge on any atom is 0.414 e. The molecule has 0 spiro atoms. The van der Waals surface area contributed by atoms with Crippen LogP contribution in [0, 0.1) is 13.8 Å². The van der Waals surface area contributed by atoms with Crippen LogP contribution in [-0.4, -0.2) is 34.7 Å². The fourth-order valence-corrected chi connectivity index (χ4v) is 1.68. The first-order valence-corrected chi connectivity index (χ1v) is 6.64. The summed E-state index contributed by atoms with van der Waals surface area (Å²) in [6.07, 6.45) is 0.234. The van der Waals surface area contributed by atoms with Crippen molar-refractivity contribution in [1.29, 1.82) is 0 Å². The summed E-state index contributed by atoms with van der Waals surface area (Å²) in [6.45, 7) is 6.26. The number of nitrogens with two attached hydrogens (primary N) is 1. The number of carboxylic acid groups (broad SMARTS) is 2. The molecule has 0 fully saturated rings. The zero-order valence-corrected chi connectivity index (χ0v) is 12.8. The van der Waals surface area contributed by atoms with Gasteiger partial charge in [-0.3, -0.25) is 4.79 Å². The van der Waals surface area contributed by atoms with Crippen LogP contribution in [0.1, 0.15) is 36.1 Å². The predicted octanol–water partition coefficient (Wildman–Crippen LogP) is 1.41. The highest BCUT2D eigenvalue weighted by atomic mass is 16.5. The Labute approximate surface area is 128 Å².